The summed E-state index contributed by atoms with van der Waals surface area (Å²) in [5.41, 5.74) is 2.61. The van der Waals surface area contributed by atoms with Crippen molar-refractivity contribution in [1.29, 1.82) is 0 Å². The molecular formula is C20H20N2O5S. The van der Waals surface area contributed by atoms with Gasteiger partial charge in [0.15, 0.2) is 11.5 Å². The maximum absolute atomic E-state index is 9.66. The molecule has 0 aliphatic heterocycles. The first-order valence-corrected chi connectivity index (χ1v) is 9.15. The molecule has 0 saturated carbocycles. The minimum atomic E-state index is 0.309. The molecule has 2 aromatic carbocycles. The van der Waals surface area contributed by atoms with Gasteiger partial charge in [0.2, 0.25) is 5.75 Å². The number of methoxy groups -OCH3 is 4. The molecule has 28 heavy (non-hydrogen) atoms. The summed E-state index contributed by atoms with van der Waals surface area (Å²) in [7, 11) is 6.21. The largest absolute Gasteiger partial charge is 0.497 e. The summed E-state index contributed by atoms with van der Waals surface area (Å²) in [4.78, 5) is 4.61. The van der Waals surface area contributed by atoms with Crippen molar-refractivity contribution in [1.82, 2.24) is 4.98 Å². The molecule has 0 aliphatic carbocycles. The smallest absolute Gasteiger partial charge is 0.203 e. The molecule has 146 valence electrons. The van der Waals surface area contributed by atoms with Crippen LogP contribution in [0.1, 0.15) is 10.6 Å². The van der Waals surface area contributed by atoms with Gasteiger partial charge in [0.05, 0.1) is 34.1 Å². The van der Waals surface area contributed by atoms with Gasteiger partial charge in [0.1, 0.15) is 16.5 Å². The van der Waals surface area contributed by atoms with E-state index in [1.54, 1.807) is 19.2 Å². The van der Waals surface area contributed by atoms with Gasteiger partial charge < -0.3 is 24.2 Å². The van der Waals surface area contributed by atoms with Gasteiger partial charge in [0.25, 0.3) is 0 Å². The predicted octanol–water partition coefficient (Wildman–Crippen LogP) is 4.07. The lowest BCUT2D eigenvalue weighted by Crippen LogP contribution is -2.05. The van der Waals surface area contributed by atoms with Gasteiger partial charge in [-0.1, -0.05) is 5.16 Å². The van der Waals surface area contributed by atoms with E-state index in [1.165, 1.54) is 32.7 Å². The predicted molar refractivity (Wildman–Crippen MR) is 108 cm³/mol. The SMILES string of the molecule is COc1ccc(-c2csc(/C(=N\O)c3cc(OC)c(OC)c(OC)c3)n2)cc1. The highest BCUT2D eigenvalue weighted by atomic mass is 32.1. The fraction of sp³-hybridized carbons (Fsp3) is 0.200. The lowest BCUT2D eigenvalue weighted by atomic mass is 10.1. The fourth-order valence-corrected chi connectivity index (χ4v) is 3.55. The van der Waals surface area contributed by atoms with Gasteiger partial charge in [-0.05, 0) is 36.4 Å². The number of thiazole rings is 1. The Kier molecular flexibility index (Phi) is 6.00. The number of benzene rings is 2. The number of ether oxygens (including phenoxy) is 4. The van der Waals surface area contributed by atoms with Crippen LogP contribution in [0.3, 0.4) is 0 Å². The first-order valence-electron chi connectivity index (χ1n) is 8.27. The molecule has 8 heteroatoms. The summed E-state index contributed by atoms with van der Waals surface area (Å²) in [5.74, 6) is 2.16. The molecule has 0 saturated heterocycles. The third kappa shape index (κ3) is 3.72. The van der Waals surface area contributed by atoms with E-state index >= 15 is 0 Å². The molecule has 3 rings (SSSR count). The standard InChI is InChI=1S/C20H20N2O5S/c1-24-14-7-5-12(6-8-14)15-11-28-20(21-15)18(22-23)13-9-16(25-2)19(27-4)17(10-13)26-3/h5-11,23H,1-4H3/b22-18-. The van der Waals surface area contributed by atoms with Crippen LogP contribution < -0.4 is 18.9 Å². The van der Waals surface area contributed by atoms with E-state index < -0.39 is 0 Å². The Bertz CT molecular complexity index is 958. The van der Waals surface area contributed by atoms with Gasteiger partial charge in [-0.2, -0.15) is 0 Å². The van der Waals surface area contributed by atoms with E-state index in [0.29, 0.717) is 33.5 Å². The second-order valence-corrected chi connectivity index (χ2v) is 6.49. The molecule has 0 radical (unpaired) electrons. The van der Waals surface area contributed by atoms with E-state index in [0.717, 1.165) is 17.0 Å². The first-order chi connectivity index (χ1) is 13.6. The van der Waals surface area contributed by atoms with E-state index in [9.17, 15) is 5.21 Å². The number of hydrogen-bond donors (Lipinski definition) is 1. The monoisotopic (exact) mass is 400 g/mol. The van der Waals surface area contributed by atoms with Crippen LogP contribution >= 0.6 is 11.3 Å². The second kappa shape index (κ2) is 8.62. The van der Waals surface area contributed by atoms with Crippen molar-refractivity contribution in [3.63, 3.8) is 0 Å². The number of rotatable bonds is 7. The van der Waals surface area contributed by atoms with Crippen LogP contribution in [0, 0.1) is 0 Å². The van der Waals surface area contributed by atoms with Gasteiger partial charge in [-0.3, -0.25) is 0 Å². The normalized spacial score (nSPS) is 11.2. The topological polar surface area (TPSA) is 82.4 Å². The Morgan fingerprint density at radius 2 is 1.57 bits per heavy atom. The minimum absolute atomic E-state index is 0.309. The van der Waals surface area contributed by atoms with Gasteiger partial charge in [-0.25, -0.2) is 4.98 Å². The maximum Gasteiger partial charge on any atom is 0.203 e. The Balaban J connectivity index is 2.00. The van der Waals surface area contributed by atoms with E-state index in [4.69, 9.17) is 18.9 Å². The maximum atomic E-state index is 9.66. The highest BCUT2D eigenvalue weighted by Gasteiger charge is 2.19. The molecule has 1 heterocycles. The van der Waals surface area contributed by atoms with Gasteiger partial charge in [0, 0.05) is 16.5 Å². The highest BCUT2D eigenvalue weighted by molar-refractivity contribution is 7.12. The quantitative estimate of drug-likeness (QED) is 0.366. The van der Waals surface area contributed by atoms with Crippen molar-refractivity contribution in [3.05, 3.63) is 52.3 Å². The number of nitrogens with zero attached hydrogens (tertiary/aromatic N) is 2. The van der Waals surface area contributed by atoms with E-state index in [1.807, 2.05) is 29.6 Å². The van der Waals surface area contributed by atoms with Crippen molar-refractivity contribution < 1.29 is 24.2 Å². The van der Waals surface area contributed by atoms with Crippen molar-refractivity contribution in [3.8, 4) is 34.3 Å². The summed E-state index contributed by atoms with van der Waals surface area (Å²) >= 11 is 1.37. The second-order valence-electron chi connectivity index (χ2n) is 5.63. The Hall–Kier alpha value is -3.26. The number of oxime groups is 1. The molecule has 0 fully saturated rings. The summed E-state index contributed by atoms with van der Waals surface area (Å²) in [6.45, 7) is 0. The Morgan fingerprint density at radius 3 is 2.07 bits per heavy atom. The van der Waals surface area contributed by atoms with Crippen molar-refractivity contribution in [2.24, 2.45) is 5.16 Å². The van der Waals surface area contributed by atoms with Crippen LogP contribution in [0.5, 0.6) is 23.0 Å². The Labute approximate surface area is 166 Å². The molecule has 3 aromatic rings. The zero-order valence-electron chi connectivity index (χ0n) is 15.9. The highest BCUT2D eigenvalue weighted by Crippen LogP contribution is 2.39. The summed E-state index contributed by atoms with van der Waals surface area (Å²) in [5, 5.41) is 15.6. The van der Waals surface area contributed by atoms with Crippen LogP contribution in [0.25, 0.3) is 11.3 Å². The van der Waals surface area contributed by atoms with Crippen LogP contribution in [0.15, 0.2) is 46.9 Å². The average molecular weight is 400 g/mol. The average Bonchev–Trinajstić information content (AvgIpc) is 3.23. The van der Waals surface area contributed by atoms with Crippen LogP contribution in [-0.4, -0.2) is 44.3 Å². The zero-order chi connectivity index (χ0) is 20.1. The lowest BCUT2D eigenvalue weighted by molar-refractivity contribution is 0.318. The molecule has 0 atom stereocenters. The molecule has 0 spiro atoms. The lowest BCUT2D eigenvalue weighted by Gasteiger charge is -2.14. The molecule has 0 bridgehead atoms. The first kappa shape index (κ1) is 19.5. The number of aromatic nitrogens is 1. The number of hydrogen-bond acceptors (Lipinski definition) is 8. The third-order valence-corrected chi connectivity index (χ3v) is 4.98. The molecule has 1 N–H and O–H groups in total. The molecule has 0 amide bonds. The summed E-state index contributed by atoms with van der Waals surface area (Å²) in [6, 6.07) is 11.0. The van der Waals surface area contributed by atoms with Gasteiger partial charge in [-0.15, -0.1) is 11.3 Å². The molecule has 0 aliphatic rings. The zero-order valence-corrected chi connectivity index (χ0v) is 16.7. The van der Waals surface area contributed by atoms with Gasteiger partial charge >= 0.3 is 0 Å². The van der Waals surface area contributed by atoms with E-state index in [2.05, 4.69) is 10.1 Å². The summed E-state index contributed by atoms with van der Waals surface area (Å²) in [6.07, 6.45) is 0. The van der Waals surface area contributed by atoms with Crippen LogP contribution in [0.4, 0.5) is 0 Å². The third-order valence-electron chi connectivity index (χ3n) is 4.13. The Morgan fingerprint density at radius 1 is 0.929 bits per heavy atom. The van der Waals surface area contributed by atoms with Crippen molar-refractivity contribution in [2.75, 3.05) is 28.4 Å². The van der Waals surface area contributed by atoms with E-state index in [-0.39, 0.29) is 0 Å². The van der Waals surface area contributed by atoms with Crippen LogP contribution in [0.2, 0.25) is 0 Å². The van der Waals surface area contributed by atoms with Crippen molar-refractivity contribution in [2.45, 2.75) is 0 Å². The molecular weight excluding hydrogens is 380 g/mol. The van der Waals surface area contributed by atoms with Crippen LogP contribution in [-0.2, 0) is 0 Å². The van der Waals surface area contributed by atoms with Crippen molar-refractivity contribution >= 4 is 17.0 Å². The molecule has 0 unspecified atom stereocenters. The molecule has 7 nitrogen and oxygen atoms in total. The summed E-state index contributed by atoms with van der Waals surface area (Å²) < 4.78 is 21.3. The fourth-order valence-electron chi connectivity index (χ4n) is 2.72. The minimum Gasteiger partial charge on any atom is -0.497 e. The molecule has 1 aromatic heterocycles.